The maximum Gasteiger partial charge on any atom is 0.254 e. The van der Waals surface area contributed by atoms with Gasteiger partial charge in [0.25, 0.3) is 5.91 Å². The number of hydrogen-bond donors (Lipinski definition) is 1. The molecule has 1 aliphatic heterocycles. The Morgan fingerprint density at radius 1 is 1.40 bits per heavy atom. The monoisotopic (exact) mass is 273 g/mol. The van der Waals surface area contributed by atoms with E-state index in [2.05, 4.69) is 10.2 Å². The van der Waals surface area contributed by atoms with E-state index in [1.165, 1.54) is 6.39 Å². The van der Waals surface area contributed by atoms with E-state index in [0.29, 0.717) is 18.0 Å². The lowest BCUT2D eigenvalue weighted by Gasteiger charge is -2.23. The van der Waals surface area contributed by atoms with Crippen molar-refractivity contribution in [1.29, 1.82) is 0 Å². The number of amides is 1. The average molecular weight is 273 g/mol. The zero-order valence-electron chi connectivity index (χ0n) is 10.9. The lowest BCUT2D eigenvalue weighted by atomic mass is 10.1. The molecule has 0 unspecified atom stereocenters. The fourth-order valence-corrected chi connectivity index (χ4v) is 2.51. The van der Waals surface area contributed by atoms with E-state index in [1.54, 1.807) is 29.2 Å². The quantitative estimate of drug-likeness (QED) is 0.912. The summed E-state index contributed by atoms with van der Waals surface area (Å²) in [4.78, 5) is 14.1. The van der Waals surface area contributed by atoms with Gasteiger partial charge in [0, 0.05) is 17.7 Å². The van der Waals surface area contributed by atoms with E-state index >= 15 is 0 Å². The summed E-state index contributed by atoms with van der Waals surface area (Å²) in [5.74, 6) is 0.386. The zero-order valence-corrected chi connectivity index (χ0v) is 10.9. The highest BCUT2D eigenvalue weighted by molar-refractivity contribution is 5.95. The summed E-state index contributed by atoms with van der Waals surface area (Å²) in [6, 6.07) is 7.00. The number of aromatic nitrogens is 2. The summed E-state index contributed by atoms with van der Waals surface area (Å²) >= 11 is 0. The van der Waals surface area contributed by atoms with E-state index in [-0.39, 0.29) is 18.6 Å². The van der Waals surface area contributed by atoms with Crippen LogP contribution in [0.4, 0.5) is 0 Å². The van der Waals surface area contributed by atoms with Crippen LogP contribution in [-0.2, 0) is 0 Å². The third-order valence-corrected chi connectivity index (χ3v) is 3.59. The Balaban J connectivity index is 1.79. The van der Waals surface area contributed by atoms with Gasteiger partial charge in [-0.3, -0.25) is 4.79 Å². The third-order valence-electron chi connectivity index (χ3n) is 3.59. The van der Waals surface area contributed by atoms with E-state index < -0.39 is 0 Å². The number of rotatable bonds is 3. The molecule has 20 heavy (non-hydrogen) atoms. The van der Waals surface area contributed by atoms with Crippen molar-refractivity contribution < 1.29 is 14.3 Å². The van der Waals surface area contributed by atoms with Gasteiger partial charge in [0.15, 0.2) is 0 Å². The van der Waals surface area contributed by atoms with Crippen molar-refractivity contribution in [3.8, 4) is 11.5 Å². The van der Waals surface area contributed by atoms with Gasteiger partial charge in [-0.15, -0.1) is 10.2 Å². The smallest absolute Gasteiger partial charge is 0.254 e. The molecule has 0 aliphatic carbocycles. The number of carbonyl (C=O) groups is 1. The van der Waals surface area contributed by atoms with Crippen LogP contribution in [-0.4, -0.2) is 45.3 Å². The summed E-state index contributed by atoms with van der Waals surface area (Å²) in [7, 11) is 0. The zero-order chi connectivity index (χ0) is 13.9. The van der Waals surface area contributed by atoms with Crippen LogP contribution in [0.2, 0.25) is 0 Å². The van der Waals surface area contributed by atoms with Gasteiger partial charge in [-0.1, -0.05) is 0 Å². The number of benzene rings is 1. The van der Waals surface area contributed by atoms with Gasteiger partial charge in [-0.05, 0) is 37.1 Å². The van der Waals surface area contributed by atoms with Gasteiger partial charge in [0.2, 0.25) is 12.3 Å². The molecule has 104 valence electrons. The summed E-state index contributed by atoms with van der Waals surface area (Å²) in [6.45, 7) is 0.723. The van der Waals surface area contributed by atoms with Crippen LogP contribution in [0.25, 0.3) is 11.5 Å². The molecule has 2 aromatic rings. The van der Waals surface area contributed by atoms with Crippen LogP contribution in [0.3, 0.4) is 0 Å². The molecule has 6 heteroatoms. The maximum atomic E-state index is 12.4. The average Bonchev–Trinajstić information content (AvgIpc) is 3.17. The fraction of sp³-hybridized carbons (Fsp3) is 0.357. The molecule has 0 radical (unpaired) electrons. The first kappa shape index (κ1) is 12.8. The molecule has 1 N–H and O–H groups in total. The van der Waals surface area contributed by atoms with Gasteiger partial charge in [0.1, 0.15) is 0 Å². The minimum absolute atomic E-state index is 0.0197. The van der Waals surface area contributed by atoms with Crippen molar-refractivity contribution in [1.82, 2.24) is 15.1 Å². The number of hydrogen-bond acceptors (Lipinski definition) is 5. The standard InChI is InChI=1S/C14H15N3O3/c18-8-12-2-1-7-17(12)14(19)11-5-3-10(4-6-11)13-16-15-9-20-13/h3-6,9,12,18H,1-2,7-8H2/t12-/m0/s1. The molecule has 3 rings (SSSR count). The summed E-state index contributed by atoms with van der Waals surface area (Å²) in [5.41, 5.74) is 1.38. The maximum absolute atomic E-state index is 12.4. The van der Waals surface area contributed by atoms with E-state index in [4.69, 9.17) is 4.42 Å². The minimum atomic E-state index is -0.0573. The molecule has 1 atom stereocenters. The van der Waals surface area contributed by atoms with E-state index in [9.17, 15) is 9.90 Å². The van der Waals surface area contributed by atoms with Crippen LogP contribution >= 0.6 is 0 Å². The van der Waals surface area contributed by atoms with Gasteiger partial charge < -0.3 is 14.4 Å². The molecule has 0 spiro atoms. The molecular formula is C14H15N3O3. The molecule has 1 aliphatic rings. The van der Waals surface area contributed by atoms with Gasteiger partial charge >= 0.3 is 0 Å². The van der Waals surface area contributed by atoms with Crippen molar-refractivity contribution in [2.45, 2.75) is 18.9 Å². The Hall–Kier alpha value is -2.21. The molecule has 0 saturated carbocycles. The summed E-state index contributed by atoms with van der Waals surface area (Å²) in [5, 5.41) is 16.7. The van der Waals surface area contributed by atoms with Gasteiger partial charge in [-0.25, -0.2) is 0 Å². The predicted octanol–water partition coefficient (Wildman–Crippen LogP) is 1.33. The highest BCUT2D eigenvalue weighted by atomic mass is 16.4. The molecular weight excluding hydrogens is 258 g/mol. The van der Waals surface area contributed by atoms with Crippen molar-refractivity contribution in [2.75, 3.05) is 13.2 Å². The van der Waals surface area contributed by atoms with E-state index in [0.717, 1.165) is 18.4 Å². The highest BCUT2D eigenvalue weighted by Crippen LogP contribution is 2.21. The number of likely N-dealkylation sites (tertiary alicyclic amines) is 1. The Labute approximate surface area is 116 Å². The molecule has 1 aromatic heterocycles. The Kier molecular flexibility index (Phi) is 3.47. The first-order chi connectivity index (χ1) is 9.79. The van der Waals surface area contributed by atoms with Gasteiger partial charge in [0.05, 0.1) is 12.6 Å². The topological polar surface area (TPSA) is 79.5 Å². The molecule has 1 amide bonds. The van der Waals surface area contributed by atoms with Crippen molar-refractivity contribution in [2.24, 2.45) is 0 Å². The molecule has 6 nitrogen and oxygen atoms in total. The number of carbonyl (C=O) groups excluding carboxylic acids is 1. The molecule has 1 aromatic carbocycles. The van der Waals surface area contributed by atoms with Crippen LogP contribution in [0.1, 0.15) is 23.2 Å². The first-order valence-electron chi connectivity index (χ1n) is 6.58. The lowest BCUT2D eigenvalue weighted by Crippen LogP contribution is -2.37. The third kappa shape index (κ3) is 2.30. The second kappa shape index (κ2) is 5.42. The van der Waals surface area contributed by atoms with Crippen LogP contribution < -0.4 is 0 Å². The SMILES string of the molecule is O=C(c1ccc(-c2nnco2)cc1)N1CCC[C@H]1CO. The number of aliphatic hydroxyl groups excluding tert-OH is 1. The lowest BCUT2D eigenvalue weighted by molar-refractivity contribution is 0.0677. The first-order valence-corrected chi connectivity index (χ1v) is 6.58. The van der Waals surface area contributed by atoms with Crippen molar-refractivity contribution >= 4 is 5.91 Å². The second-order valence-electron chi connectivity index (χ2n) is 4.80. The van der Waals surface area contributed by atoms with Crippen LogP contribution in [0, 0.1) is 0 Å². The number of nitrogens with zero attached hydrogens (tertiary/aromatic N) is 3. The Bertz CT molecular complexity index is 580. The minimum Gasteiger partial charge on any atom is -0.423 e. The van der Waals surface area contributed by atoms with Crippen molar-refractivity contribution in [3.05, 3.63) is 36.2 Å². The molecule has 2 heterocycles. The molecule has 1 saturated heterocycles. The van der Waals surface area contributed by atoms with Crippen LogP contribution in [0.5, 0.6) is 0 Å². The van der Waals surface area contributed by atoms with E-state index in [1.807, 2.05) is 0 Å². The largest absolute Gasteiger partial charge is 0.423 e. The summed E-state index contributed by atoms with van der Waals surface area (Å²) < 4.78 is 5.10. The summed E-state index contributed by atoms with van der Waals surface area (Å²) in [6.07, 6.45) is 3.07. The Morgan fingerprint density at radius 2 is 2.20 bits per heavy atom. The van der Waals surface area contributed by atoms with Crippen molar-refractivity contribution in [3.63, 3.8) is 0 Å². The predicted molar refractivity (Wildman–Crippen MR) is 70.9 cm³/mol. The second-order valence-corrected chi connectivity index (χ2v) is 4.80. The van der Waals surface area contributed by atoms with Crippen LogP contribution in [0.15, 0.2) is 35.1 Å². The Morgan fingerprint density at radius 3 is 2.85 bits per heavy atom. The highest BCUT2D eigenvalue weighted by Gasteiger charge is 2.28. The van der Waals surface area contributed by atoms with Gasteiger partial charge in [-0.2, -0.15) is 0 Å². The number of aliphatic hydroxyl groups is 1. The molecule has 1 fully saturated rings. The normalized spacial score (nSPS) is 18.4. The fourth-order valence-electron chi connectivity index (χ4n) is 2.51. The molecule has 0 bridgehead atoms.